The third-order valence-electron chi connectivity index (χ3n) is 5.21. The van der Waals surface area contributed by atoms with Gasteiger partial charge in [0.2, 0.25) is 0 Å². The fourth-order valence-corrected chi connectivity index (χ4v) is 3.26. The summed E-state index contributed by atoms with van der Waals surface area (Å²) in [6, 6.07) is 21.6. The van der Waals surface area contributed by atoms with E-state index in [2.05, 4.69) is 61.8 Å². The van der Waals surface area contributed by atoms with Gasteiger partial charge in [-0.25, -0.2) is 4.39 Å². The molecule has 3 aromatic carbocycles. The largest absolute Gasteiger partial charge is 0.207 e. The smallest absolute Gasteiger partial charge is 0.127 e. The molecule has 0 aliphatic rings. The lowest BCUT2D eigenvalue weighted by atomic mass is 10.1. The van der Waals surface area contributed by atoms with E-state index >= 15 is 0 Å². The van der Waals surface area contributed by atoms with E-state index < -0.39 is 0 Å². The van der Waals surface area contributed by atoms with Crippen LogP contribution in [0, 0.1) is 29.5 Å². The molecule has 156 valence electrons. The highest BCUT2D eigenvalue weighted by Gasteiger charge is 2.02. The Labute approximate surface area is 186 Å². The van der Waals surface area contributed by atoms with Crippen LogP contribution in [-0.2, 0) is 12.8 Å². The molecular formula is C30H29F. The summed E-state index contributed by atoms with van der Waals surface area (Å²) in [7, 11) is 0. The zero-order valence-corrected chi connectivity index (χ0v) is 18.5. The normalized spacial score (nSPS) is 10.0. The average molecular weight is 409 g/mol. The molecule has 0 atom stereocenters. The summed E-state index contributed by atoms with van der Waals surface area (Å²) < 4.78 is 14.2. The number of hydrogen-bond acceptors (Lipinski definition) is 0. The highest BCUT2D eigenvalue weighted by Crippen LogP contribution is 2.13. The fourth-order valence-electron chi connectivity index (χ4n) is 3.26. The Morgan fingerprint density at radius 1 is 0.581 bits per heavy atom. The molecule has 0 unspecified atom stereocenters. The summed E-state index contributed by atoms with van der Waals surface area (Å²) in [6.45, 7) is 4.32. The van der Waals surface area contributed by atoms with Gasteiger partial charge >= 0.3 is 0 Å². The molecule has 0 radical (unpaired) electrons. The van der Waals surface area contributed by atoms with Crippen molar-refractivity contribution in [3.05, 3.63) is 106 Å². The number of rotatable bonds is 6. The van der Waals surface area contributed by atoms with Crippen LogP contribution in [-0.4, -0.2) is 0 Å². The van der Waals surface area contributed by atoms with Crippen LogP contribution in [0.4, 0.5) is 4.39 Å². The Hall–Kier alpha value is -3.29. The lowest BCUT2D eigenvalue weighted by Gasteiger charge is -2.02. The summed E-state index contributed by atoms with van der Waals surface area (Å²) in [6.07, 6.45) is 6.40. The fraction of sp³-hybridized carbons (Fsp3) is 0.267. The van der Waals surface area contributed by atoms with Crippen molar-refractivity contribution >= 4 is 0 Å². The van der Waals surface area contributed by atoms with E-state index in [1.807, 2.05) is 36.4 Å². The summed E-state index contributed by atoms with van der Waals surface area (Å²) >= 11 is 0. The van der Waals surface area contributed by atoms with Gasteiger partial charge in [0.25, 0.3) is 0 Å². The second-order valence-electron chi connectivity index (χ2n) is 7.79. The number of benzene rings is 3. The Kier molecular flexibility index (Phi) is 8.51. The molecule has 0 bridgehead atoms. The predicted octanol–water partition coefficient (Wildman–Crippen LogP) is 7.31. The van der Waals surface area contributed by atoms with Crippen LogP contribution in [0.3, 0.4) is 0 Å². The van der Waals surface area contributed by atoms with Crippen molar-refractivity contribution in [1.82, 2.24) is 0 Å². The second-order valence-corrected chi connectivity index (χ2v) is 7.79. The van der Waals surface area contributed by atoms with Gasteiger partial charge in [-0.2, -0.15) is 0 Å². The van der Waals surface area contributed by atoms with E-state index in [-0.39, 0.29) is 5.82 Å². The van der Waals surface area contributed by atoms with Gasteiger partial charge in [-0.15, -0.1) is 0 Å². The zero-order chi connectivity index (χ0) is 21.9. The van der Waals surface area contributed by atoms with Crippen molar-refractivity contribution in [3.8, 4) is 23.7 Å². The number of aryl methyl sites for hydroxylation is 2. The molecule has 0 saturated heterocycles. The van der Waals surface area contributed by atoms with Crippen LogP contribution in [0.5, 0.6) is 0 Å². The molecule has 31 heavy (non-hydrogen) atoms. The third-order valence-corrected chi connectivity index (χ3v) is 5.21. The lowest BCUT2D eigenvalue weighted by Crippen LogP contribution is -1.91. The summed E-state index contributed by atoms with van der Waals surface area (Å²) in [4.78, 5) is 0. The maximum absolute atomic E-state index is 14.2. The highest BCUT2D eigenvalue weighted by atomic mass is 19.1. The molecule has 0 aromatic heterocycles. The second kappa shape index (κ2) is 11.8. The van der Waals surface area contributed by atoms with Crippen molar-refractivity contribution in [2.45, 2.75) is 52.4 Å². The average Bonchev–Trinajstić information content (AvgIpc) is 2.81. The molecule has 0 spiro atoms. The first-order valence-corrected chi connectivity index (χ1v) is 11.2. The summed E-state index contributed by atoms with van der Waals surface area (Å²) in [5.41, 5.74) is 5.70. The van der Waals surface area contributed by atoms with Crippen molar-refractivity contribution in [2.24, 2.45) is 0 Å². The molecule has 0 nitrogen and oxygen atoms in total. The Bertz CT molecular complexity index is 1100. The Balaban J connectivity index is 1.63. The minimum Gasteiger partial charge on any atom is -0.207 e. The quantitative estimate of drug-likeness (QED) is 0.375. The van der Waals surface area contributed by atoms with Gasteiger partial charge in [0.1, 0.15) is 5.82 Å². The molecule has 3 aromatic rings. The highest BCUT2D eigenvalue weighted by molar-refractivity contribution is 5.48. The maximum atomic E-state index is 14.2. The predicted molar refractivity (Wildman–Crippen MR) is 128 cm³/mol. The zero-order valence-electron chi connectivity index (χ0n) is 18.5. The Morgan fingerprint density at radius 2 is 1.03 bits per heavy atom. The molecule has 0 amide bonds. The monoisotopic (exact) mass is 408 g/mol. The number of hydrogen-bond donors (Lipinski definition) is 0. The van der Waals surface area contributed by atoms with Crippen LogP contribution < -0.4 is 0 Å². The number of halogens is 1. The van der Waals surface area contributed by atoms with Crippen LogP contribution >= 0.6 is 0 Å². The van der Waals surface area contributed by atoms with Crippen molar-refractivity contribution < 1.29 is 4.39 Å². The maximum Gasteiger partial charge on any atom is 0.127 e. The first-order valence-electron chi connectivity index (χ1n) is 11.2. The molecule has 0 aliphatic heterocycles. The molecule has 1 heteroatoms. The van der Waals surface area contributed by atoms with Gasteiger partial charge in [0.05, 0.1) is 0 Å². The van der Waals surface area contributed by atoms with Crippen molar-refractivity contribution in [3.63, 3.8) is 0 Å². The first-order chi connectivity index (χ1) is 15.2. The van der Waals surface area contributed by atoms with Crippen LogP contribution in [0.2, 0.25) is 0 Å². The van der Waals surface area contributed by atoms with Gasteiger partial charge in [0, 0.05) is 22.3 Å². The molecule has 0 N–H and O–H groups in total. The molecular weight excluding hydrogens is 379 g/mol. The van der Waals surface area contributed by atoms with Crippen molar-refractivity contribution in [2.75, 3.05) is 0 Å². The molecule has 0 heterocycles. The molecule has 3 rings (SSSR count). The minimum atomic E-state index is -0.163. The number of unbranched alkanes of at least 4 members (excludes halogenated alkanes) is 2. The standard InChI is InChI=1S/C30H29F/c1-3-5-7-24-9-11-25(12-10-24)13-14-26-15-17-27(18-16-26)19-20-28-21-22-29(8-6-4-2)30(31)23-28/h9-12,15-18,21-23H,3-8H2,1-2H3. The van der Waals surface area contributed by atoms with Crippen molar-refractivity contribution in [1.29, 1.82) is 0 Å². The third kappa shape index (κ3) is 7.16. The first kappa shape index (κ1) is 22.4. The van der Waals surface area contributed by atoms with Crippen LogP contribution in [0.25, 0.3) is 0 Å². The van der Waals surface area contributed by atoms with Gasteiger partial charge in [0.15, 0.2) is 0 Å². The summed E-state index contributed by atoms with van der Waals surface area (Å²) in [5, 5.41) is 0. The van der Waals surface area contributed by atoms with Gasteiger partial charge in [-0.1, -0.05) is 68.6 Å². The molecule has 0 saturated carbocycles. The minimum absolute atomic E-state index is 0.163. The van der Waals surface area contributed by atoms with E-state index in [4.69, 9.17) is 0 Å². The van der Waals surface area contributed by atoms with E-state index in [0.29, 0.717) is 5.56 Å². The van der Waals surface area contributed by atoms with E-state index in [1.54, 1.807) is 0 Å². The van der Waals surface area contributed by atoms with Crippen LogP contribution in [0.15, 0.2) is 66.7 Å². The SMILES string of the molecule is CCCCc1ccc(C#Cc2ccc(C#Cc3ccc(CCCC)c(F)c3)cc2)cc1. The Morgan fingerprint density at radius 3 is 1.55 bits per heavy atom. The topological polar surface area (TPSA) is 0 Å². The van der Waals surface area contributed by atoms with E-state index in [9.17, 15) is 4.39 Å². The lowest BCUT2D eigenvalue weighted by molar-refractivity contribution is 0.603. The van der Waals surface area contributed by atoms with Gasteiger partial charge in [-0.3, -0.25) is 0 Å². The molecule has 0 aliphatic carbocycles. The van der Waals surface area contributed by atoms with Gasteiger partial charge < -0.3 is 0 Å². The van der Waals surface area contributed by atoms with Crippen LogP contribution in [0.1, 0.15) is 72.9 Å². The van der Waals surface area contributed by atoms with Gasteiger partial charge in [-0.05, 0) is 85.3 Å². The van der Waals surface area contributed by atoms with E-state index in [1.165, 1.54) is 24.5 Å². The van der Waals surface area contributed by atoms with E-state index in [0.717, 1.165) is 47.9 Å². The molecule has 0 fully saturated rings. The summed E-state index contributed by atoms with van der Waals surface area (Å²) in [5.74, 6) is 12.4.